The van der Waals surface area contributed by atoms with Crippen LogP contribution in [-0.4, -0.2) is 5.84 Å². The van der Waals surface area contributed by atoms with Crippen LogP contribution in [0.25, 0.3) is 0 Å². The van der Waals surface area contributed by atoms with Crippen LogP contribution in [0.4, 0.5) is 0 Å². The molecule has 0 aromatic heterocycles. The second-order valence-electron chi connectivity index (χ2n) is 2.47. The minimum absolute atomic E-state index is 0.296. The number of amidine groups is 1. The first-order valence-corrected chi connectivity index (χ1v) is 3.24. The monoisotopic (exact) mass is 140 g/mol. The van der Waals surface area contributed by atoms with Gasteiger partial charge in [-0.1, -0.05) is 0 Å². The fourth-order valence-electron chi connectivity index (χ4n) is 0.743. The van der Waals surface area contributed by atoms with E-state index in [1.165, 1.54) is 12.8 Å². The average Bonchev–Trinajstić information content (AvgIpc) is 2.68. The Labute approximate surface area is 59.8 Å². The molecular formula is C6H12N4. The molecule has 1 rings (SSSR count). The number of hydrogen-bond acceptors (Lipinski definition) is 3. The molecule has 0 amide bonds. The van der Waals surface area contributed by atoms with Gasteiger partial charge in [-0.15, -0.1) is 0 Å². The number of hydrogen-bond donors (Lipinski definition) is 3. The van der Waals surface area contributed by atoms with Crippen molar-refractivity contribution in [3.63, 3.8) is 0 Å². The molecule has 1 aliphatic carbocycles. The van der Waals surface area contributed by atoms with Crippen molar-refractivity contribution in [2.24, 2.45) is 28.3 Å². The van der Waals surface area contributed by atoms with Gasteiger partial charge in [0, 0.05) is 11.8 Å². The Balaban J connectivity index is 2.51. The van der Waals surface area contributed by atoms with E-state index in [2.05, 4.69) is 5.10 Å². The van der Waals surface area contributed by atoms with E-state index < -0.39 is 0 Å². The van der Waals surface area contributed by atoms with E-state index in [0.29, 0.717) is 11.8 Å². The summed E-state index contributed by atoms with van der Waals surface area (Å²) in [7, 11) is 0. The third-order valence-electron chi connectivity index (χ3n) is 1.51. The van der Waals surface area contributed by atoms with Crippen molar-refractivity contribution < 1.29 is 0 Å². The predicted molar refractivity (Wildman–Crippen MR) is 40.8 cm³/mol. The van der Waals surface area contributed by atoms with E-state index in [1.54, 1.807) is 6.08 Å². The summed E-state index contributed by atoms with van der Waals surface area (Å²) in [5, 5.41) is 3.28. The molecule has 0 aromatic carbocycles. The maximum atomic E-state index is 5.60. The summed E-state index contributed by atoms with van der Waals surface area (Å²) in [6, 6.07) is 0. The molecule has 0 unspecified atom stereocenters. The smallest absolute Gasteiger partial charge is 0.144 e. The number of nitrogens with zero attached hydrogens (tertiary/aromatic N) is 1. The maximum absolute atomic E-state index is 5.60. The Morgan fingerprint density at radius 1 is 1.40 bits per heavy atom. The van der Waals surface area contributed by atoms with Crippen molar-refractivity contribution in [3.05, 3.63) is 11.8 Å². The summed E-state index contributed by atoms with van der Waals surface area (Å²) in [5.74, 6) is 5.73. The quantitative estimate of drug-likeness (QED) is 0.208. The molecule has 0 bridgehead atoms. The largest absolute Gasteiger partial charge is 0.402 e. The van der Waals surface area contributed by atoms with Gasteiger partial charge in [-0.05, 0) is 18.8 Å². The van der Waals surface area contributed by atoms with Gasteiger partial charge in [0.25, 0.3) is 0 Å². The van der Waals surface area contributed by atoms with Gasteiger partial charge in [0.2, 0.25) is 0 Å². The van der Waals surface area contributed by atoms with Gasteiger partial charge in [0.1, 0.15) is 5.84 Å². The lowest BCUT2D eigenvalue weighted by Gasteiger charge is -1.94. The van der Waals surface area contributed by atoms with Crippen LogP contribution in [0.5, 0.6) is 0 Å². The predicted octanol–water partition coefficient (Wildman–Crippen LogP) is -0.530. The van der Waals surface area contributed by atoms with Crippen molar-refractivity contribution in [2.45, 2.75) is 12.8 Å². The molecule has 6 N–H and O–H groups in total. The van der Waals surface area contributed by atoms with Crippen LogP contribution in [0.2, 0.25) is 0 Å². The van der Waals surface area contributed by atoms with Crippen molar-refractivity contribution in [2.75, 3.05) is 0 Å². The molecule has 0 heterocycles. The zero-order chi connectivity index (χ0) is 7.56. The Morgan fingerprint density at radius 3 is 2.40 bits per heavy atom. The molecule has 0 atom stereocenters. The average molecular weight is 140 g/mol. The van der Waals surface area contributed by atoms with Gasteiger partial charge in [-0.25, -0.2) is 0 Å². The van der Waals surface area contributed by atoms with Crippen LogP contribution in [0.3, 0.4) is 0 Å². The van der Waals surface area contributed by atoms with E-state index in [-0.39, 0.29) is 0 Å². The van der Waals surface area contributed by atoms with Crippen molar-refractivity contribution in [1.29, 1.82) is 0 Å². The first kappa shape index (κ1) is 6.92. The SMILES string of the molecule is NN=C(N)C=C(N)C1CC1. The van der Waals surface area contributed by atoms with Gasteiger partial charge >= 0.3 is 0 Å². The van der Waals surface area contributed by atoms with Crippen LogP contribution in [0, 0.1) is 5.92 Å². The Morgan fingerprint density at radius 2 is 2.00 bits per heavy atom. The lowest BCUT2D eigenvalue weighted by atomic mass is 10.3. The molecule has 1 aliphatic rings. The molecule has 1 fully saturated rings. The van der Waals surface area contributed by atoms with Crippen LogP contribution in [-0.2, 0) is 0 Å². The molecule has 56 valence electrons. The summed E-state index contributed by atoms with van der Waals surface area (Å²) >= 11 is 0. The lowest BCUT2D eigenvalue weighted by molar-refractivity contribution is 0.982. The van der Waals surface area contributed by atoms with Gasteiger partial charge in [0.05, 0.1) is 0 Å². The molecule has 0 spiro atoms. The zero-order valence-electron chi connectivity index (χ0n) is 5.75. The Bertz CT molecular complexity index is 178. The number of rotatable bonds is 2. The topological polar surface area (TPSA) is 90.4 Å². The highest BCUT2D eigenvalue weighted by Gasteiger charge is 2.23. The highest BCUT2D eigenvalue weighted by molar-refractivity contribution is 5.91. The number of nitrogens with two attached hydrogens (primary N) is 3. The molecule has 4 heteroatoms. The first-order valence-electron chi connectivity index (χ1n) is 3.24. The molecule has 0 aromatic rings. The second-order valence-corrected chi connectivity index (χ2v) is 2.47. The lowest BCUT2D eigenvalue weighted by Crippen LogP contribution is -2.14. The van der Waals surface area contributed by atoms with Crippen molar-refractivity contribution in [3.8, 4) is 0 Å². The van der Waals surface area contributed by atoms with E-state index >= 15 is 0 Å². The molecule has 0 aliphatic heterocycles. The molecule has 4 nitrogen and oxygen atoms in total. The molecule has 0 saturated heterocycles. The van der Waals surface area contributed by atoms with Gasteiger partial charge in [-0.2, -0.15) is 5.10 Å². The third-order valence-corrected chi connectivity index (χ3v) is 1.51. The summed E-state index contributed by atoms with van der Waals surface area (Å²) in [6.07, 6.45) is 3.96. The summed E-state index contributed by atoms with van der Waals surface area (Å²) in [4.78, 5) is 0. The highest BCUT2D eigenvalue weighted by Crippen LogP contribution is 2.33. The second kappa shape index (κ2) is 2.60. The van der Waals surface area contributed by atoms with E-state index in [0.717, 1.165) is 5.70 Å². The summed E-state index contributed by atoms with van der Waals surface area (Å²) < 4.78 is 0. The third kappa shape index (κ3) is 1.65. The minimum atomic E-state index is 0.296. The van der Waals surface area contributed by atoms with Crippen LogP contribution in [0.15, 0.2) is 16.9 Å². The fourth-order valence-corrected chi connectivity index (χ4v) is 0.743. The minimum Gasteiger partial charge on any atom is -0.402 e. The molecule has 10 heavy (non-hydrogen) atoms. The molecule has 0 radical (unpaired) electrons. The summed E-state index contributed by atoms with van der Waals surface area (Å²) in [5.41, 5.74) is 11.7. The van der Waals surface area contributed by atoms with Crippen LogP contribution >= 0.6 is 0 Å². The van der Waals surface area contributed by atoms with Gasteiger partial charge < -0.3 is 17.3 Å². The number of hydrazone groups is 1. The normalized spacial score (nSPS) is 21.2. The number of allylic oxidation sites excluding steroid dienone is 1. The fraction of sp³-hybridized carbons (Fsp3) is 0.500. The van der Waals surface area contributed by atoms with Crippen LogP contribution < -0.4 is 17.3 Å². The van der Waals surface area contributed by atoms with Gasteiger partial charge in [0.15, 0.2) is 0 Å². The standard InChI is InChI=1S/C6H12N4/c7-5(4-1-2-4)3-6(8)10-9/h3-4H,1-2,7,9H2,(H2,8,10). The van der Waals surface area contributed by atoms with Crippen molar-refractivity contribution >= 4 is 5.84 Å². The van der Waals surface area contributed by atoms with Crippen LogP contribution in [0.1, 0.15) is 12.8 Å². The summed E-state index contributed by atoms with van der Waals surface area (Å²) in [6.45, 7) is 0. The molecule has 1 saturated carbocycles. The first-order chi connectivity index (χ1) is 4.74. The van der Waals surface area contributed by atoms with E-state index in [4.69, 9.17) is 17.3 Å². The van der Waals surface area contributed by atoms with E-state index in [9.17, 15) is 0 Å². The Hall–Kier alpha value is -1.19. The maximum Gasteiger partial charge on any atom is 0.144 e. The Kier molecular flexibility index (Phi) is 1.80. The zero-order valence-corrected chi connectivity index (χ0v) is 5.75. The van der Waals surface area contributed by atoms with Crippen molar-refractivity contribution in [1.82, 2.24) is 0 Å². The highest BCUT2D eigenvalue weighted by atomic mass is 15.1. The van der Waals surface area contributed by atoms with E-state index in [1.807, 2.05) is 0 Å². The molecular weight excluding hydrogens is 128 g/mol. The van der Waals surface area contributed by atoms with Gasteiger partial charge in [-0.3, -0.25) is 0 Å².